The molecule has 0 radical (unpaired) electrons. The summed E-state index contributed by atoms with van der Waals surface area (Å²) >= 11 is 6.32. The summed E-state index contributed by atoms with van der Waals surface area (Å²) in [6, 6.07) is 19.2. The third kappa shape index (κ3) is 5.42. The number of carbonyl (C=O) groups is 3. The van der Waals surface area contributed by atoms with Gasteiger partial charge in [-0.3, -0.25) is 15.4 Å². The average molecular weight is 590 g/mol. The molecule has 0 unspecified atom stereocenters. The highest BCUT2D eigenvalue weighted by Crippen LogP contribution is 2.43. The highest BCUT2D eigenvalue weighted by Gasteiger charge is 2.47. The summed E-state index contributed by atoms with van der Waals surface area (Å²) in [6.07, 6.45) is 0.361. The van der Waals surface area contributed by atoms with Crippen LogP contribution in [0.5, 0.6) is 0 Å². The monoisotopic (exact) mass is 589 g/mol. The molecule has 1 aromatic heterocycles. The quantitative estimate of drug-likeness (QED) is 0.258. The molecule has 3 N–H and O–H groups in total. The Kier molecular flexibility index (Phi) is 7.34. The molecule has 0 aliphatic carbocycles. The summed E-state index contributed by atoms with van der Waals surface area (Å²) < 4.78 is 16.1. The van der Waals surface area contributed by atoms with Gasteiger partial charge in [-0.2, -0.15) is 0 Å². The molecule has 0 saturated carbocycles. The summed E-state index contributed by atoms with van der Waals surface area (Å²) in [5, 5.41) is 13.9. The fraction of sp³-hybridized carbons (Fsp3) is 0.267. The van der Waals surface area contributed by atoms with Gasteiger partial charge in [-0.15, -0.1) is 0 Å². The van der Waals surface area contributed by atoms with Crippen molar-refractivity contribution in [1.82, 2.24) is 10.1 Å². The van der Waals surface area contributed by atoms with E-state index >= 15 is 0 Å². The zero-order valence-electron chi connectivity index (χ0n) is 22.7. The zero-order chi connectivity index (χ0) is 29.3. The van der Waals surface area contributed by atoms with Gasteiger partial charge in [-0.25, -0.2) is 9.59 Å². The minimum atomic E-state index is -1.02. The first kappa shape index (κ1) is 27.4. The van der Waals surface area contributed by atoms with Gasteiger partial charge in [0.2, 0.25) is 5.91 Å². The van der Waals surface area contributed by atoms with Crippen LogP contribution in [0.2, 0.25) is 5.02 Å². The number of fused-ring (bicyclic) bond motifs is 3. The van der Waals surface area contributed by atoms with Gasteiger partial charge in [0.05, 0.1) is 24.7 Å². The molecule has 1 saturated heterocycles. The maximum absolute atomic E-state index is 14.3. The van der Waals surface area contributed by atoms with Crippen LogP contribution in [0.25, 0.3) is 11.0 Å². The van der Waals surface area contributed by atoms with Crippen molar-refractivity contribution in [1.29, 1.82) is 0 Å². The van der Waals surface area contributed by atoms with E-state index < -0.39 is 23.8 Å². The van der Waals surface area contributed by atoms with Gasteiger partial charge in [0, 0.05) is 29.2 Å². The smallest absolute Gasteiger partial charge is 0.412 e. The van der Waals surface area contributed by atoms with Crippen LogP contribution >= 0.6 is 11.6 Å². The number of aromatic nitrogens is 1. The number of amides is 3. The summed E-state index contributed by atoms with van der Waals surface area (Å²) in [5.74, 6) is 0.168. The average Bonchev–Trinajstić information content (AvgIpc) is 3.39. The van der Waals surface area contributed by atoms with E-state index in [2.05, 4.69) is 21.1 Å². The lowest BCUT2D eigenvalue weighted by Crippen LogP contribution is -2.56. The SMILES string of the molecule is COC(=O)Nc1ccc2onc(N[C@@H](Cc3ccccc3)C(=O)N3CCC[C@@]4(C3)OC(=O)Nc3ccc(Cl)cc34)c2c1. The number of benzene rings is 3. The van der Waals surface area contributed by atoms with E-state index in [1.54, 1.807) is 41.3 Å². The lowest BCUT2D eigenvalue weighted by atomic mass is 9.83. The Morgan fingerprint density at radius 3 is 2.81 bits per heavy atom. The number of nitrogens with zero attached hydrogens (tertiary/aromatic N) is 2. The zero-order valence-corrected chi connectivity index (χ0v) is 23.4. The summed E-state index contributed by atoms with van der Waals surface area (Å²) in [4.78, 5) is 40.3. The molecule has 3 amide bonds. The van der Waals surface area contributed by atoms with Gasteiger partial charge < -0.3 is 24.2 Å². The van der Waals surface area contributed by atoms with Crippen LogP contribution in [0.1, 0.15) is 24.0 Å². The van der Waals surface area contributed by atoms with E-state index in [4.69, 9.17) is 25.6 Å². The normalized spacial score (nSPS) is 18.5. The number of carbonyl (C=O) groups excluding carboxylic acids is 3. The molecule has 6 rings (SSSR count). The maximum Gasteiger partial charge on any atom is 0.412 e. The van der Waals surface area contributed by atoms with Crippen molar-refractivity contribution in [3.05, 3.63) is 82.9 Å². The van der Waals surface area contributed by atoms with Crippen LogP contribution in [0.4, 0.5) is 26.8 Å². The lowest BCUT2D eigenvalue weighted by molar-refractivity contribution is -0.139. The van der Waals surface area contributed by atoms with Gasteiger partial charge in [0.1, 0.15) is 6.04 Å². The van der Waals surface area contributed by atoms with Crippen LogP contribution in [0.15, 0.2) is 71.3 Å². The number of anilines is 3. The fourth-order valence-corrected chi connectivity index (χ4v) is 5.78. The Balaban J connectivity index is 1.31. The summed E-state index contributed by atoms with van der Waals surface area (Å²) in [6.45, 7) is 0.660. The molecule has 3 aromatic carbocycles. The van der Waals surface area contributed by atoms with Crippen LogP contribution < -0.4 is 16.0 Å². The highest BCUT2D eigenvalue weighted by atomic mass is 35.5. The molecule has 2 aliphatic rings. The molecule has 2 aliphatic heterocycles. The first-order valence-electron chi connectivity index (χ1n) is 13.5. The van der Waals surface area contributed by atoms with E-state index in [-0.39, 0.29) is 12.5 Å². The van der Waals surface area contributed by atoms with Gasteiger partial charge in [0.25, 0.3) is 0 Å². The van der Waals surface area contributed by atoms with Crippen molar-refractivity contribution in [2.75, 3.05) is 36.1 Å². The van der Waals surface area contributed by atoms with Crippen LogP contribution in [-0.4, -0.2) is 54.4 Å². The highest BCUT2D eigenvalue weighted by molar-refractivity contribution is 6.30. The Hall–Kier alpha value is -4.77. The van der Waals surface area contributed by atoms with Gasteiger partial charge >= 0.3 is 12.2 Å². The summed E-state index contributed by atoms with van der Waals surface area (Å²) in [5.41, 5.74) is 2.24. The molecule has 12 heteroatoms. The second-order valence-electron chi connectivity index (χ2n) is 10.3. The lowest BCUT2D eigenvalue weighted by Gasteiger charge is -2.45. The van der Waals surface area contributed by atoms with Gasteiger partial charge in [0.15, 0.2) is 17.0 Å². The molecule has 0 bridgehead atoms. The standard InChI is InChI=1S/C30H28ClN5O6/c1-40-28(38)32-20-9-11-25-21(16-20)26(35-42-25)33-24(14-18-6-3-2-4-7-18)27(37)36-13-5-12-30(17-36)22-15-19(31)8-10-23(22)34-29(39)41-30/h2-4,6-11,15-16,24H,5,12-14,17H2,1H3,(H,32,38)(H,33,35)(H,34,39)/t24-,30-/m0/s1. The fourth-order valence-electron chi connectivity index (χ4n) is 5.61. The second kappa shape index (κ2) is 11.2. The van der Waals surface area contributed by atoms with Crippen LogP contribution in [0, 0.1) is 0 Å². The molecule has 11 nitrogen and oxygen atoms in total. The van der Waals surface area contributed by atoms with Crippen molar-refractivity contribution in [2.24, 2.45) is 0 Å². The Labute approximate surface area is 246 Å². The van der Waals surface area contributed by atoms with Crippen molar-refractivity contribution in [2.45, 2.75) is 30.9 Å². The number of likely N-dealkylation sites (tertiary alicyclic amines) is 1. The first-order valence-corrected chi connectivity index (χ1v) is 13.8. The predicted molar refractivity (Wildman–Crippen MR) is 157 cm³/mol. The number of piperidine rings is 1. The third-order valence-electron chi connectivity index (χ3n) is 7.56. The number of ether oxygens (including phenoxy) is 2. The minimum Gasteiger partial charge on any atom is -0.453 e. The predicted octanol–water partition coefficient (Wildman–Crippen LogP) is 5.76. The van der Waals surface area contributed by atoms with E-state index in [0.717, 1.165) is 11.1 Å². The van der Waals surface area contributed by atoms with Crippen LogP contribution in [0.3, 0.4) is 0 Å². The Bertz CT molecular complexity index is 1660. The molecule has 3 heterocycles. The number of hydrogen-bond acceptors (Lipinski definition) is 8. The number of hydrogen-bond donors (Lipinski definition) is 3. The minimum absolute atomic E-state index is 0.173. The summed E-state index contributed by atoms with van der Waals surface area (Å²) in [7, 11) is 1.28. The largest absolute Gasteiger partial charge is 0.453 e. The number of rotatable bonds is 6. The molecule has 1 spiro atoms. The van der Waals surface area contributed by atoms with Gasteiger partial charge in [-0.05, 0) is 54.8 Å². The van der Waals surface area contributed by atoms with Crippen molar-refractivity contribution in [3.63, 3.8) is 0 Å². The Morgan fingerprint density at radius 2 is 2.00 bits per heavy atom. The second-order valence-corrected chi connectivity index (χ2v) is 10.7. The molecular formula is C30H28ClN5O6. The third-order valence-corrected chi connectivity index (χ3v) is 7.79. The molecular weight excluding hydrogens is 562 g/mol. The molecule has 1 fully saturated rings. The first-order chi connectivity index (χ1) is 20.3. The Morgan fingerprint density at radius 1 is 1.17 bits per heavy atom. The molecule has 42 heavy (non-hydrogen) atoms. The molecule has 4 aromatic rings. The van der Waals surface area contributed by atoms with Crippen molar-refractivity contribution in [3.8, 4) is 0 Å². The maximum atomic E-state index is 14.3. The van der Waals surface area contributed by atoms with E-state index in [1.807, 2.05) is 30.3 Å². The van der Waals surface area contributed by atoms with Crippen molar-refractivity contribution >= 4 is 57.9 Å². The van der Waals surface area contributed by atoms with Crippen molar-refractivity contribution < 1.29 is 28.4 Å². The topological polar surface area (TPSA) is 135 Å². The number of nitrogens with one attached hydrogen (secondary N) is 3. The van der Waals surface area contributed by atoms with E-state index in [1.165, 1.54) is 7.11 Å². The van der Waals surface area contributed by atoms with Gasteiger partial charge in [-0.1, -0.05) is 47.1 Å². The number of methoxy groups -OCH3 is 1. The molecule has 216 valence electrons. The van der Waals surface area contributed by atoms with E-state index in [9.17, 15) is 14.4 Å². The number of halogens is 1. The molecule has 2 atom stereocenters. The van der Waals surface area contributed by atoms with Crippen LogP contribution in [-0.2, 0) is 26.3 Å². The van der Waals surface area contributed by atoms with E-state index in [0.29, 0.717) is 59.0 Å².